The minimum absolute atomic E-state index is 0.0219. The van der Waals surface area contributed by atoms with E-state index in [4.69, 9.17) is 5.11 Å². The quantitative estimate of drug-likeness (QED) is 0.776. The minimum atomic E-state index is -1.53. The van der Waals surface area contributed by atoms with E-state index in [2.05, 4.69) is 31.9 Å². The molecule has 0 aliphatic carbocycles. The Morgan fingerprint density at radius 3 is 2.57 bits per heavy atom. The molecule has 110 valence electrons. The molecule has 21 heavy (non-hydrogen) atoms. The maximum atomic E-state index is 13.7. The van der Waals surface area contributed by atoms with E-state index in [1.807, 2.05) is 0 Å². The van der Waals surface area contributed by atoms with Gasteiger partial charge in [0.15, 0.2) is 0 Å². The molecule has 0 saturated carbocycles. The topological polar surface area (TPSA) is 54.4 Å². The van der Waals surface area contributed by atoms with Crippen LogP contribution in [0.3, 0.4) is 0 Å². The zero-order valence-corrected chi connectivity index (χ0v) is 14.5. The van der Waals surface area contributed by atoms with Gasteiger partial charge in [0.2, 0.25) is 0 Å². The molecular formula is C14H9Br2FO3S. The Morgan fingerprint density at radius 2 is 1.90 bits per heavy atom. The van der Waals surface area contributed by atoms with Gasteiger partial charge in [0.25, 0.3) is 0 Å². The van der Waals surface area contributed by atoms with Crippen molar-refractivity contribution in [1.82, 2.24) is 0 Å². The third-order valence-corrected chi connectivity index (χ3v) is 5.26. The van der Waals surface area contributed by atoms with Gasteiger partial charge in [-0.25, -0.2) is 9.18 Å². The summed E-state index contributed by atoms with van der Waals surface area (Å²) in [5.74, 6) is -1.58. The van der Waals surface area contributed by atoms with Gasteiger partial charge in [0.1, 0.15) is 5.82 Å². The maximum absolute atomic E-state index is 13.7. The van der Waals surface area contributed by atoms with Crippen molar-refractivity contribution in [2.75, 3.05) is 0 Å². The lowest BCUT2D eigenvalue weighted by molar-refractivity contribution is 0.0695. The molecule has 1 atom stereocenters. The molecule has 2 aromatic carbocycles. The molecule has 7 heteroatoms. The first kappa shape index (κ1) is 16.3. The van der Waals surface area contributed by atoms with Gasteiger partial charge in [-0.2, -0.15) is 0 Å². The zero-order chi connectivity index (χ0) is 15.6. The molecule has 0 fully saturated rings. The smallest absolute Gasteiger partial charge is 0.336 e. The van der Waals surface area contributed by atoms with Gasteiger partial charge < -0.3 is 5.11 Å². The van der Waals surface area contributed by atoms with Crippen molar-refractivity contribution in [1.29, 1.82) is 0 Å². The summed E-state index contributed by atoms with van der Waals surface area (Å²) in [5.41, 5.74) is 0.332. The number of carboxylic acids is 1. The molecule has 2 aromatic rings. The number of carboxylic acid groups (broad SMARTS) is 1. The normalized spacial score (nSPS) is 12.1. The fourth-order valence-electron chi connectivity index (χ4n) is 1.69. The van der Waals surface area contributed by atoms with Crippen LogP contribution in [0.25, 0.3) is 0 Å². The van der Waals surface area contributed by atoms with E-state index in [1.54, 1.807) is 18.2 Å². The van der Waals surface area contributed by atoms with E-state index in [-0.39, 0.29) is 11.3 Å². The van der Waals surface area contributed by atoms with E-state index >= 15 is 0 Å². The Kier molecular flexibility index (Phi) is 5.29. The van der Waals surface area contributed by atoms with Gasteiger partial charge in [0, 0.05) is 19.4 Å². The number of aromatic carboxylic acids is 1. The molecule has 0 radical (unpaired) electrons. The van der Waals surface area contributed by atoms with Gasteiger partial charge in [-0.3, -0.25) is 4.21 Å². The molecule has 0 bridgehead atoms. The zero-order valence-electron chi connectivity index (χ0n) is 10.5. The summed E-state index contributed by atoms with van der Waals surface area (Å²) in [7, 11) is -1.53. The number of rotatable bonds is 4. The van der Waals surface area contributed by atoms with E-state index in [1.165, 1.54) is 18.2 Å². The van der Waals surface area contributed by atoms with E-state index in [0.29, 0.717) is 19.4 Å². The van der Waals surface area contributed by atoms with Gasteiger partial charge in [-0.1, -0.05) is 15.9 Å². The van der Waals surface area contributed by atoms with Crippen molar-refractivity contribution in [2.45, 2.75) is 10.6 Å². The Hall–Kier alpha value is -1.05. The van der Waals surface area contributed by atoms with Crippen molar-refractivity contribution in [3.63, 3.8) is 0 Å². The molecule has 3 nitrogen and oxygen atoms in total. The van der Waals surface area contributed by atoms with Crippen LogP contribution < -0.4 is 0 Å². The second-order valence-electron chi connectivity index (χ2n) is 4.17. The Bertz CT molecular complexity index is 734. The van der Waals surface area contributed by atoms with Crippen LogP contribution in [-0.4, -0.2) is 15.3 Å². The molecule has 0 aliphatic heterocycles. The molecule has 0 heterocycles. The molecule has 0 aliphatic rings. The molecule has 1 unspecified atom stereocenters. The highest BCUT2D eigenvalue weighted by molar-refractivity contribution is 9.10. The average molecular weight is 436 g/mol. The lowest BCUT2D eigenvalue weighted by Crippen LogP contribution is -2.03. The monoisotopic (exact) mass is 434 g/mol. The summed E-state index contributed by atoms with van der Waals surface area (Å²) in [6.07, 6.45) is 0. The van der Waals surface area contributed by atoms with Crippen LogP contribution in [0.1, 0.15) is 15.9 Å². The fourth-order valence-corrected chi connectivity index (χ4v) is 3.65. The lowest BCUT2D eigenvalue weighted by Gasteiger charge is -2.07. The second-order valence-corrected chi connectivity index (χ2v) is 7.39. The van der Waals surface area contributed by atoms with Crippen molar-refractivity contribution in [3.05, 3.63) is 62.3 Å². The predicted octanol–water partition coefficient (Wildman–Crippen LogP) is 4.36. The summed E-state index contributed by atoms with van der Waals surface area (Å²) in [6, 6.07) is 8.82. The van der Waals surface area contributed by atoms with Crippen LogP contribution in [0.15, 0.2) is 50.2 Å². The molecular weight excluding hydrogens is 427 g/mol. The maximum Gasteiger partial charge on any atom is 0.336 e. The van der Waals surface area contributed by atoms with E-state index < -0.39 is 22.6 Å². The molecule has 2 rings (SSSR count). The minimum Gasteiger partial charge on any atom is -0.478 e. The van der Waals surface area contributed by atoms with E-state index in [0.717, 1.165) is 0 Å². The number of hydrogen-bond donors (Lipinski definition) is 1. The SMILES string of the molecule is O=C(O)c1cc(S(=O)Cc2cc(Br)ccc2F)ccc1Br. The Morgan fingerprint density at radius 1 is 1.19 bits per heavy atom. The van der Waals surface area contributed by atoms with Crippen molar-refractivity contribution < 1.29 is 18.5 Å². The summed E-state index contributed by atoms with van der Waals surface area (Å²) in [4.78, 5) is 11.4. The van der Waals surface area contributed by atoms with E-state index in [9.17, 15) is 13.4 Å². The number of benzene rings is 2. The lowest BCUT2D eigenvalue weighted by atomic mass is 10.2. The first-order valence-electron chi connectivity index (χ1n) is 5.73. The van der Waals surface area contributed by atoms with Gasteiger partial charge in [0.05, 0.1) is 22.1 Å². The summed E-state index contributed by atoms with van der Waals surface area (Å²) in [6.45, 7) is 0. The average Bonchev–Trinajstić information content (AvgIpc) is 2.43. The van der Waals surface area contributed by atoms with Gasteiger partial charge in [-0.05, 0) is 52.3 Å². The Balaban J connectivity index is 2.30. The first-order chi connectivity index (χ1) is 9.88. The highest BCUT2D eigenvalue weighted by Crippen LogP contribution is 2.23. The molecule has 0 aromatic heterocycles. The standard InChI is InChI=1S/C14H9Br2FO3S/c15-9-1-4-13(17)8(5-9)7-21(20)10-2-3-12(16)11(6-10)14(18)19/h1-6H,7H2,(H,18,19). The fraction of sp³-hybridized carbons (Fsp3) is 0.0714. The summed E-state index contributed by atoms with van der Waals surface area (Å²) >= 11 is 6.36. The highest BCUT2D eigenvalue weighted by atomic mass is 79.9. The van der Waals surface area contributed by atoms with Crippen LogP contribution in [-0.2, 0) is 16.6 Å². The molecule has 0 saturated heterocycles. The van der Waals surface area contributed by atoms with Crippen molar-refractivity contribution >= 4 is 48.6 Å². The number of halogens is 3. The Labute approximate surface area is 139 Å². The largest absolute Gasteiger partial charge is 0.478 e. The summed E-state index contributed by atoms with van der Waals surface area (Å²) < 4.78 is 27.0. The van der Waals surface area contributed by atoms with Crippen LogP contribution in [0.2, 0.25) is 0 Å². The first-order valence-corrected chi connectivity index (χ1v) is 8.64. The molecule has 0 amide bonds. The van der Waals surface area contributed by atoms with Crippen LogP contribution in [0.4, 0.5) is 4.39 Å². The number of carbonyl (C=O) groups is 1. The highest BCUT2D eigenvalue weighted by Gasteiger charge is 2.14. The third-order valence-electron chi connectivity index (χ3n) is 2.73. The van der Waals surface area contributed by atoms with Gasteiger partial charge >= 0.3 is 5.97 Å². The van der Waals surface area contributed by atoms with Crippen molar-refractivity contribution in [3.8, 4) is 0 Å². The van der Waals surface area contributed by atoms with Crippen molar-refractivity contribution in [2.24, 2.45) is 0 Å². The molecule has 0 spiro atoms. The summed E-state index contributed by atoms with van der Waals surface area (Å²) in [5, 5.41) is 9.05. The number of hydrogen-bond acceptors (Lipinski definition) is 2. The second kappa shape index (κ2) is 6.81. The van der Waals surface area contributed by atoms with Gasteiger partial charge in [-0.15, -0.1) is 0 Å². The van der Waals surface area contributed by atoms with Crippen LogP contribution in [0, 0.1) is 5.82 Å². The van der Waals surface area contributed by atoms with Crippen LogP contribution >= 0.6 is 31.9 Å². The third kappa shape index (κ3) is 3.99. The van der Waals surface area contributed by atoms with Crippen LogP contribution in [0.5, 0.6) is 0 Å². The molecule has 1 N–H and O–H groups in total. The predicted molar refractivity (Wildman–Crippen MR) is 85.3 cm³/mol.